The molecule has 4 nitrogen and oxygen atoms in total. The monoisotopic (exact) mass is 300 g/mol. The summed E-state index contributed by atoms with van der Waals surface area (Å²) in [5.41, 5.74) is 4.91. The predicted molar refractivity (Wildman–Crippen MR) is 83.1 cm³/mol. The van der Waals surface area contributed by atoms with Crippen LogP contribution in [0.15, 0.2) is 45.6 Å². The molecule has 0 amide bonds. The maximum Gasteiger partial charge on any atom is 0.417 e. The third-order valence-corrected chi connectivity index (χ3v) is 4.13. The minimum absolute atomic E-state index is 0.342. The van der Waals surface area contributed by atoms with Gasteiger partial charge in [-0.1, -0.05) is 17.7 Å². The molecule has 1 unspecified atom stereocenters. The number of nitrogens with one attached hydrogen (secondary N) is 2. The molecule has 1 heterocycles. The molecule has 1 aliphatic rings. The fourth-order valence-electron chi connectivity index (χ4n) is 2.97. The van der Waals surface area contributed by atoms with Crippen LogP contribution in [0.2, 0.25) is 5.02 Å². The molecule has 1 aliphatic carbocycles. The predicted octanol–water partition coefficient (Wildman–Crippen LogP) is 3.35. The summed E-state index contributed by atoms with van der Waals surface area (Å²) in [4.78, 5) is 13.8. The van der Waals surface area contributed by atoms with Crippen LogP contribution in [0.1, 0.15) is 11.1 Å². The van der Waals surface area contributed by atoms with Crippen molar-refractivity contribution in [2.75, 3.05) is 5.32 Å². The van der Waals surface area contributed by atoms with Gasteiger partial charge in [0.25, 0.3) is 0 Å². The summed E-state index contributed by atoms with van der Waals surface area (Å²) in [6, 6.07) is 12.0. The summed E-state index contributed by atoms with van der Waals surface area (Å²) < 4.78 is 5.00. The van der Waals surface area contributed by atoms with E-state index in [0.29, 0.717) is 17.1 Å². The molecular weight excluding hydrogens is 288 g/mol. The first-order valence-electron chi connectivity index (χ1n) is 6.84. The standard InChI is InChI=1S/C16H13ClN2O2/c17-11-2-1-9-6-13(7-10(9)5-11)18-12-3-4-15-14(8-12)19-16(20)21-15/h1-5,8,13,18H,6-7H2,(H,19,20). The fourth-order valence-corrected chi connectivity index (χ4v) is 3.16. The van der Waals surface area contributed by atoms with Gasteiger partial charge in [-0.25, -0.2) is 4.79 Å². The lowest BCUT2D eigenvalue weighted by Crippen LogP contribution is -2.19. The van der Waals surface area contributed by atoms with E-state index in [-0.39, 0.29) is 0 Å². The lowest BCUT2D eigenvalue weighted by Gasteiger charge is -2.13. The second-order valence-electron chi connectivity index (χ2n) is 5.39. The SMILES string of the molecule is O=c1[nH]c2cc(NC3Cc4ccc(Cl)cc4C3)ccc2o1. The molecule has 1 atom stereocenters. The highest BCUT2D eigenvalue weighted by molar-refractivity contribution is 6.30. The Balaban J connectivity index is 1.57. The highest BCUT2D eigenvalue weighted by atomic mass is 35.5. The zero-order valence-corrected chi connectivity index (χ0v) is 11.9. The van der Waals surface area contributed by atoms with E-state index in [2.05, 4.69) is 16.4 Å². The van der Waals surface area contributed by atoms with Crippen molar-refractivity contribution < 1.29 is 4.42 Å². The average Bonchev–Trinajstić information content (AvgIpc) is 2.99. The Hall–Kier alpha value is -2.20. The van der Waals surface area contributed by atoms with E-state index in [1.165, 1.54) is 11.1 Å². The van der Waals surface area contributed by atoms with Crippen molar-refractivity contribution in [3.8, 4) is 0 Å². The molecule has 21 heavy (non-hydrogen) atoms. The molecule has 5 heteroatoms. The number of oxazole rings is 1. The summed E-state index contributed by atoms with van der Waals surface area (Å²) in [6.45, 7) is 0. The largest absolute Gasteiger partial charge is 0.417 e. The van der Waals surface area contributed by atoms with Crippen molar-refractivity contribution >= 4 is 28.4 Å². The molecule has 0 radical (unpaired) electrons. The van der Waals surface area contributed by atoms with E-state index in [9.17, 15) is 4.79 Å². The number of rotatable bonds is 2. The van der Waals surface area contributed by atoms with Gasteiger partial charge in [-0.15, -0.1) is 0 Å². The van der Waals surface area contributed by atoms with Crippen LogP contribution in [-0.2, 0) is 12.8 Å². The van der Waals surface area contributed by atoms with Crippen molar-refractivity contribution in [1.82, 2.24) is 4.98 Å². The second kappa shape index (κ2) is 4.67. The lowest BCUT2D eigenvalue weighted by atomic mass is 10.1. The number of fused-ring (bicyclic) bond motifs is 2. The van der Waals surface area contributed by atoms with Crippen LogP contribution in [0, 0.1) is 0 Å². The van der Waals surface area contributed by atoms with Crippen LogP contribution in [0.25, 0.3) is 11.1 Å². The Kier molecular flexibility index (Phi) is 2.79. The van der Waals surface area contributed by atoms with Crippen molar-refractivity contribution in [1.29, 1.82) is 0 Å². The number of aromatic nitrogens is 1. The normalized spacial score (nSPS) is 17.1. The zero-order valence-electron chi connectivity index (χ0n) is 11.2. The molecule has 2 aromatic carbocycles. The van der Waals surface area contributed by atoms with Gasteiger partial charge in [-0.2, -0.15) is 0 Å². The van der Waals surface area contributed by atoms with Crippen LogP contribution < -0.4 is 11.1 Å². The van der Waals surface area contributed by atoms with Crippen molar-refractivity contribution in [3.63, 3.8) is 0 Å². The third kappa shape index (κ3) is 2.32. The summed E-state index contributed by atoms with van der Waals surface area (Å²) in [7, 11) is 0. The van der Waals surface area contributed by atoms with E-state index in [0.717, 1.165) is 23.6 Å². The maximum atomic E-state index is 11.2. The molecule has 1 aromatic heterocycles. The average molecular weight is 301 g/mol. The Morgan fingerprint density at radius 1 is 1.14 bits per heavy atom. The van der Waals surface area contributed by atoms with Crippen LogP contribution in [0.5, 0.6) is 0 Å². The molecule has 3 aromatic rings. The Labute approximate surface area is 125 Å². The smallest absolute Gasteiger partial charge is 0.408 e. The number of H-pyrrole nitrogens is 1. The molecule has 106 valence electrons. The molecule has 0 saturated heterocycles. The van der Waals surface area contributed by atoms with Gasteiger partial charge in [0.1, 0.15) is 0 Å². The van der Waals surface area contributed by atoms with Crippen molar-refractivity contribution in [2.24, 2.45) is 0 Å². The Morgan fingerprint density at radius 3 is 2.90 bits per heavy atom. The zero-order chi connectivity index (χ0) is 14.4. The van der Waals surface area contributed by atoms with Crippen LogP contribution in [-0.4, -0.2) is 11.0 Å². The maximum absolute atomic E-state index is 11.2. The number of aromatic amines is 1. The Bertz CT molecular complexity index is 881. The number of hydrogen-bond acceptors (Lipinski definition) is 3. The van der Waals surface area contributed by atoms with Gasteiger partial charge in [0.05, 0.1) is 5.52 Å². The van der Waals surface area contributed by atoms with Crippen molar-refractivity contribution in [3.05, 3.63) is 63.1 Å². The van der Waals surface area contributed by atoms with Gasteiger partial charge in [0.2, 0.25) is 0 Å². The molecule has 0 aliphatic heterocycles. The number of halogens is 1. The summed E-state index contributed by atoms with van der Waals surface area (Å²) >= 11 is 6.03. The summed E-state index contributed by atoms with van der Waals surface area (Å²) in [5.74, 6) is -0.426. The third-order valence-electron chi connectivity index (χ3n) is 3.89. The van der Waals surface area contributed by atoms with Gasteiger partial charge < -0.3 is 9.73 Å². The fraction of sp³-hybridized carbons (Fsp3) is 0.188. The summed E-state index contributed by atoms with van der Waals surface area (Å²) in [6.07, 6.45) is 1.93. The molecule has 0 saturated carbocycles. The van der Waals surface area contributed by atoms with E-state index < -0.39 is 5.76 Å². The second-order valence-corrected chi connectivity index (χ2v) is 5.82. The number of anilines is 1. The van der Waals surface area contributed by atoms with Gasteiger partial charge in [0, 0.05) is 16.8 Å². The van der Waals surface area contributed by atoms with Crippen LogP contribution in [0.3, 0.4) is 0 Å². The Morgan fingerprint density at radius 2 is 2.00 bits per heavy atom. The first-order valence-corrected chi connectivity index (χ1v) is 7.22. The lowest BCUT2D eigenvalue weighted by molar-refractivity contribution is 0.555. The highest BCUT2D eigenvalue weighted by Gasteiger charge is 2.21. The first-order chi connectivity index (χ1) is 10.2. The molecule has 0 spiro atoms. The quantitative estimate of drug-likeness (QED) is 0.763. The highest BCUT2D eigenvalue weighted by Crippen LogP contribution is 2.27. The molecule has 0 bridgehead atoms. The van der Waals surface area contributed by atoms with Gasteiger partial charge in [-0.3, -0.25) is 4.98 Å². The van der Waals surface area contributed by atoms with Crippen molar-refractivity contribution in [2.45, 2.75) is 18.9 Å². The topological polar surface area (TPSA) is 58.0 Å². The van der Waals surface area contributed by atoms with Gasteiger partial charge >= 0.3 is 5.76 Å². The van der Waals surface area contributed by atoms with E-state index >= 15 is 0 Å². The molecule has 0 fully saturated rings. The van der Waals surface area contributed by atoms with Gasteiger partial charge in [0.15, 0.2) is 5.58 Å². The summed E-state index contributed by atoms with van der Waals surface area (Å²) in [5, 5.41) is 4.29. The van der Waals surface area contributed by atoms with Gasteiger partial charge in [-0.05, 0) is 54.3 Å². The molecule has 2 N–H and O–H groups in total. The molecular formula is C16H13ClN2O2. The minimum Gasteiger partial charge on any atom is -0.408 e. The van der Waals surface area contributed by atoms with Crippen LogP contribution in [0.4, 0.5) is 5.69 Å². The minimum atomic E-state index is -0.426. The molecule has 4 rings (SSSR count). The van der Waals surface area contributed by atoms with E-state index in [1.807, 2.05) is 24.3 Å². The van der Waals surface area contributed by atoms with E-state index in [1.54, 1.807) is 6.07 Å². The number of benzene rings is 2. The van der Waals surface area contributed by atoms with E-state index in [4.69, 9.17) is 16.0 Å². The van der Waals surface area contributed by atoms with Crippen LogP contribution >= 0.6 is 11.6 Å². The number of hydrogen-bond donors (Lipinski definition) is 2. The first kappa shape index (κ1) is 12.5.